The molecule has 5 heavy (non-hydrogen) atoms. The second-order valence-corrected chi connectivity index (χ2v) is 0. The molecule has 0 bridgehead atoms. The fraction of sp³-hybridized carbons (Fsp3) is 0. The summed E-state index contributed by atoms with van der Waals surface area (Å²) < 4.78 is 0. The minimum atomic E-state index is 0. The Labute approximate surface area is 42.8 Å². The van der Waals surface area contributed by atoms with Crippen molar-refractivity contribution in [2.24, 2.45) is 0 Å². The molecule has 0 N–H and O–H groups in total. The maximum absolute atomic E-state index is 6.50. The van der Waals surface area contributed by atoms with Gasteiger partial charge in [-0.2, -0.15) is 0 Å². The number of hydrogen-bond donors (Lipinski definition) is 0. The van der Waals surface area contributed by atoms with Crippen molar-refractivity contribution in [2.45, 2.75) is 0 Å². The predicted octanol–water partition coefficient (Wildman–Crippen LogP) is 0.743. The standard InChI is InChI=1S/C2H3.CHN.Cu/c2*1-2;/h1H,2H2;1H;/q-1;;+1. The summed E-state index contributed by atoms with van der Waals surface area (Å²) >= 11 is 0. The topological polar surface area (TPSA) is 23.8 Å². The summed E-state index contributed by atoms with van der Waals surface area (Å²) in [6, 6.07) is 0. The predicted molar refractivity (Wildman–Crippen MR) is 16.6 cm³/mol. The molecule has 0 heterocycles. The third-order valence-corrected chi connectivity index (χ3v) is 0. The Kier molecular flexibility index (Phi) is 1970. The molecule has 2 heteroatoms. The van der Waals surface area contributed by atoms with Gasteiger partial charge in [-0.3, -0.25) is 6.58 Å². The molecule has 32 valence electrons. The van der Waals surface area contributed by atoms with E-state index in [-0.39, 0.29) is 17.1 Å². The number of hydrogen-bond acceptors (Lipinski definition) is 1. The average molecular weight is 118 g/mol. The van der Waals surface area contributed by atoms with Crippen LogP contribution in [-0.4, -0.2) is 0 Å². The van der Waals surface area contributed by atoms with Crippen LogP contribution in [0.1, 0.15) is 0 Å². The van der Waals surface area contributed by atoms with Gasteiger partial charge in [-0.1, -0.05) is 0 Å². The Morgan fingerprint density at radius 3 is 1.40 bits per heavy atom. The van der Waals surface area contributed by atoms with Gasteiger partial charge < -0.3 is 6.58 Å². The first-order chi connectivity index (χ1) is 2.00. The summed E-state index contributed by atoms with van der Waals surface area (Å²) in [6.45, 7) is 10.5. The average Bonchev–Trinajstić information content (AvgIpc) is 1.50. The molecular formula is C3H4CuN. The van der Waals surface area contributed by atoms with E-state index in [9.17, 15) is 0 Å². The quantitative estimate of drug-likeness (QED) is 0.339. The first-order valence-corrected chi connectivity index (χ1v) is 0.666. The van der Waals surface area contributed by atoms with Crippen LogP contribution in [0.5, 0.6) is 0 Å². The van der Waals surface area contributed by atoms with Crippen LogP contribution >= 0.6 is 0 Å². The molecule has 0 aliphatic heterocycles. The summed E-state index contributed by atoms with van der Waals surface area (Å²) in [5.74, 6) is 0. The molecular weight excluding hydrogens is 114 g/mol. The summed E-state index contributed by atoms with van der Waals surface area (Å²) in [5, 5.41) is 6.50. The van der Waals surface area contributed by atoms with Gasteiger partial charge in [0.2, 0.25) is 0 Å². The van der Waals surface area contributed by atoms with E-state index in [0.29, 0.717) is 0 Å². The zero-order chi connectivity index (χ0) is 4.00. The van der Waals surface area contributed by atoms with Gasteiger partial charge >= 0.3 is 17.1 Å². The fourth-order valence-corrected chi connectivity index (χ4v) is 0. The number of nitrogens with zero attached hydrogens (tertiary/aromatic N) is 1. The molecule has 0 fully saturated rings. The van der Waals surface area contributed by atoms with Gasteiger partial charge in [0.1, 0.15) is 0 Å². The van der Waals surface area contributed by atoms with Crippen LogP contribution in [0.4, 0.5) is 0 Å². The SMILES string of the molecule is C#N.[CH-]=C.[Cu+]. The van der Waals surface area contributed by atoms with E-state index in [1.165, 1.54) is 0 Å². The molecule has 0 aromatic heterocycles. The van der Waals surface area contributed by atoms with E-state index in [4.69, 9.17) is 5.26 Å². The molecule has 1 nitrogen and oxygen atoms in total. The Balaban J connectivity index is -0.0000000133. The summed E-state index contributed by atoms with van der Waals surface area (Å²) in [6.07, 6.45) is 0. The molecule has 0 aliphatic rings. The Hall–Kier alpha value is -0.251. The molecule has 0 radical (unpaired) electrons. The van der Waals surface area contributed by atoms with Crippen LogP contribution in [0, 0.1) is 18.4 Å². The summed E-state index contributed by atoms with van der Waals surface area (Å²) in [5.41, 5.74) is 0. The van der Waals surface area contributed by atoms with E-state index >= 15 is 0 Å². The van der Waals surface area contributed by atoms with Crippen molar-refractivity contribution in [3.8, 4) is 6.57 Å². The third-order valence-electron chi connectivity index (χ3n) is 0. The van der Waals surface area contributed by atoms with Crippen molar-refractivity contribution < 1.29 is 17.1 Å². The number of nitriles is 1. The Bertz CT molecular complexity index is 18.1. The normalized spacial score (nSPS) is 1.20. The van der Waals surface area contributed by atoms with Gasteiger partial charge in [0.05, 0.1) is 0 Å². The first-order valence-electron chi connectivity index (χ1n) is 0.666. The largest absolute Gasteiger partial charge is 1.00 e. The molecule has 0 amide bonds. The molecule has 0 unspecified atom stereocenters. The maximum atomic E-state index is 6.50. The molecule has 0 aromatic carbocycles. The zero-order valence-corrected chi connectivity index (χ0v) is 3.55. The van der Waals surface area contributed by atoms with Gasteiger partial charge in [0.25, 0.3) is 0 Å². The van der Waals surface area contributed by atoms with E-state index in [1.807, 2.05) is 0 Å². The van der Waals surface area contributed by atoms with Crippen molar-refractivity contribution in [1.82, 2.24) is 0 Å². The van der Waals surface area contributed by atoms with Gasteiger partial charge in [-0.05, 0) is 0 Å². The van der Waals surface area contributed by atoms with E-state index in [0.717, 1.165) is 0 Å². The van der Waals surface area contributed by atoms with Crippen LogP contribution in [0.3, 0.4) is 0 Å². The first kappa shape index (κ1) is 21.8. The molecule has 0 aromatic rings. The van der Waals surface area contributed by atoms with E-state index < -0.39 is 0 Å². The second kappa shape index (κ2) is 452. The van der Waals surface area contributed by atoms with Crippen LogP contribution in [0.25, 0.3) is 0 Å². The minimum Gasteiger partial charge on any atom is -0.521 e. The Morgan fingerprint density at radius 2 is 1.40 bits per heavy atom. The van der Waals surface area contributed by atoms with Crippen LogP contribution in [-0.2, 0) is 17.1 Å². The molecule has 0 rings (SSSR count). The van der Waals surface area contributed by atoms with Crippen LogP contribution in [0.2, 0.25) is 0 Å². The van der Waals surface area contributed by atoms with Crippen LogP contribution < -0.4 is 0 Å². The molecule has 0 saturated heterocycles. The van der Waals surface area contributed by atoms with Gasteiger partial charge in [-0.15, -0.1) is 0 Å². The second-order valence-electron chi connectivity index (χ2n) is 0. The Morgan fingerprint density at radius 1 is 1.40 bits per heavy atom. The third kappa shape index (κ3) is 183. The van der Waals surface area contributed by atoms with Crippen molar-refractivity contribution in [3.63, 3.8) is 0 Å². The minimum absolute atomic E-state index is 0. The fourth-order valence-electron chi connectivity index (χ4n) is 0. The van der Waals surface area contributed by atoms with E-state index in [1.54, 1.807) is 0 Å². The zero-order valence-electron chi connectivity index (χ0n) is 2.61. The van der Waals surface area contributed by atoms with Gasteiger partial charge in [-0.25, -0.2) is 5.26 Å². The van der Waals surface area contributed by atoms with Crippen molar-refractivity contribution in [3.05, 3.63) is 13.2 Å². The summed E-state index contributed by atoms with van der Waals surface area (Å²) in [4.78, 5) is 0. The van der Waals surface area contributed by atoms with Gasteiger partial charge in [0.15, 0.2) is 0 Å². The molecule has 0 atom stereocenters. The van der Waals surface area contributed by atoms with E-state index in [2.05, 4.69) is 19.7 Å². The molecule has 0 aliphatic carbocycles. The molecule has 0 saturated carbocycles. The maximum Gasteiger partial charge on any atom is 1.00 e. The van der Waals surface area contributed by atoms with Crippen molar-refractivity contribution >= 4 is 0 Å². The smallest absolute Gasteiger partial charge is 0.521 e. The number of rotatable bonds is 0. The monoisotopic (exact) mass is 117 g/mol. The summed E-state index contributed by atoms with van der Waals surface area (Å²) in [7, 11) is 0. The van der Waals surface area contributed by atoms with Crippen LogP contribution in [0.15, 0.2) is 6.58 Å². The molecule has 0 spiro atoms. The van der Waals surface area contributed by atoms with Crippen molar-refractivity contribution in [1.29, 1.82) is 5.26 Å². The van der Waals surface area contributed by atoms with Gasteiger partial charge in [0, 0.05) is 6.57 Å². The van der Waals surface area contributed by atoms with Crippen molar-refractivity contribution in [2.75, 3.05) is 0 Å².